The molecule has 23 heavy (non-hydrogen) atoms. The van der Waals surface area contributed by atoms with E-state index in [0.29, 0.717) is 22.6 Å². The van der Waals surface area contributed by atoms with Gasteiger partial charge in [-0.25, -0.2) is 0 Å². The molecular weight excluding hydrogens is 316 g/mol. The van der Waals surface area contributed by atoms with Crippen LogP contribution in [0, 0.1) is 11.3 Å². The summed E-state index contributed by atoms with van der Waals surface area (Å²) in [5.41, 5.74) is 1.21. The normalized spacial score (nSPS) is 9.78. The topological polar surface area (TPSA) is 79.2 Å². The number of rotatable bonds is 5. The van der Waals surface area contributed by atoms with Crippen molar-refractivity contribution in [2.24, 2.45) is 0 Å². The zero-order chi connectivity index (χ0) is 16.8. The third-order valence-electron chi connectivity index (χ3n) is 3.00. The van der Waals surface area contributed by atoms with Crippen molar-refractivity contribution in [3.63, 3.8) is 0 Å². The standard InChI is InChI=1S/C17H13ClN2O3/c1-11(21)14-4-2-3-5-16(14)23-10-17(22)20-13-7-6-12(9-19)15(18)8-13/h2-8H,10H2,1H3,(H,20,22). The fraction of sp³-hybridized carbons (Fsp3) is 0.118. The van der Waals surface area contributed by atoms with Gasteiger partial charge in [-0.05, 0) is 37.3 Å². The highest BCUT2D eigenvalue weighted by atomic mass is 35.5. The first kappa shape index (κ1) is 16.5. The van der Waals surface area contributed by atoms with Crippen molar-refractivity contribution in [1.82, 2.24) is 0 Å². The minimum Gasteiger partial charge on any atom is -0.483 e. The number of amides is 1. The number of nitrogens with zero attached hydrogens (tertiary/aromatic N) is 1. The first-order chi connectivity index (χ1) is 11.0. The molecule has 0 unspecified atom stereocenters. The minimum atomic E-state index is -0.399. The third-order valence-corrected chi connectivity index (χ3v) is 3.31. The highest BCUT2D eigenvalue weighted by molar-refractivity contribution is 6.32. The Kier molecular flexibility index (Phi) is 5.34. The van der Waals surface area contributed by atoms with Gasteiger partial charge in [0.05, 0.1) is 16.1 Å². The molecule has 2 rings (SSSR count). The predicted molar refractivity (Wildman–Crippen MR) is 86.7 cm³/mol. The van der Waals surface area contributed by atoms with Crippen molar-refractivity contribution in [2.45, 2.75) is 6.92 Å². The van der Waals surface area contributed by atoms with E-state index in [4.69, 9.17) is 21.6 Å². The van der Waals surface area contributed by atoms with Crippen molar-refractivity contribution < 1.29 is 14.3 Å². The van der Waals surface area contributed by atoms with E-state index >= 15 is 0 Å². The highest BCUT2D eigenvalue weighted by Gasteiger charge is 2.10. The molecule has 0 saturated heterocycles. The fourth-order valence-corrected chi connectivity index (χ4v) is 2.13. The van der Waals surface area contributed by atoms with Crippen LogP contribution < -0.4 is 10.1 Å². The molecule has 0 saturated carbocycles. The maximum absolute atomic E-state index is 11.9. The number of anilines is 1. The molecule has 0 aliphatic heterocycles. The molecule has 0 fully saturated rings. The van der Waals surface area contributed by atoms with E-state index in [2.05, 4.69) is 5.32 Å². The summed E-state index contributed by atoms with van der Waals surface area (Å²) in [5.74, 6) is -0.183. The van der Waals surface area contributed by atoms with Gasteiger partial charge >= 0.3 is 0 Å². The number of nitriles is 1. The number of nitrogens with one attached hydrogen (secondary N) is 1. The lowest BCUT2D eigenvalue weighted by Gasteiger charge is -2.10. The monoisotopic (exact) mass is 328 g/mol. The average Bonchev–Trinajstić information content (AvgIpc) is 2.53. The summed E-state index contributed by atoms with van der Waals surface area (Å²) in [5, 5.41) is 11.7. The second kappa shape index (κ2) is 7.43. The summed E-state index contributed by atoms with van der Waals surface area (Å²) in [7, 11) is 0. The molecule has 0 aromatic heterocycles. The van der Waals surface area contributed by atoms with Crippen molar-refractivity contribution in [3.8, 4) is 11.8 Å². The second-order valence-corrected chi connectivity index (χ2v) is 5.10. The number of carbonyl (C=O) groups is 2. The maximum atomic E-state index is 11.9. The van der Waals surface area contributed by atoms with Gasteiger partial charge in [0.1, 0.15) is 11.8 Å². The maximum Gasteiger partial charge on any atom is 0.262 e. The van der Waals surface area contributed by atoms with Crippen molar-refractivity contribution in [3.05, 3.63) is 58.6 Å². The smallest absolute Gasteiger partial charge is 0.262 e. The van der Waals surface area contributed by atoms with E-state index in [1.165, 1.54) is 19.1 Å². The number of ether oxygens (including phenoxy) is 1. The van der Waals surface area contributed by atoms with E-state index in [-0.39, 0.29) is 17.4 Å². The Morgan fingerprint density at radius 1 is 1.26 bits per heavy atom. The van der Waals surface area contributed by atoms with Gasteiger partial charge in [-0.15, -0.1) is 0 Å². The Balaban J connectivity index is 2.00. The van der Waals surface area contributed by atoms with Crippen LogP contribution in [-0.4, -0.2) is 18.3 Å². The van der Waals surface area contributed by atoms with Crippen LogP contribution in [0.15, 0.2) is 42.5 Å². The van der Waals surface area contributed by atoms with Gasteiger partial charge in [0.2, 0.25) is 0 Å². The molecule has 0 aliphatic carbocycles. The molecular formula is C17H13ClN2O3. The van der Waals surface area contributed by atoms with E-state index in [1.807, 2.05) is 6.07 Å². The summed E-state index contributed by atoms with van der Waals surface area (Å²) in [6.07, 6.45) is 0. The van der Waals surface area contributed by atoms with Crippen LogP contribution >= 0.6 is 11.6 Å². The molecule has 1 N–H and O–H groups in total. The first-order valence-electron chi connectivity index (χ1n) is 6.73. The Bertz CT molecular complexity index is 797. The fourth-order valence-electron chi connectivity index (χ4n) is 1.91. The lowest BCUT2D eigenvalue weighted by atomic mass is 10.1. The van der Waals surface area contributed by atoms with Crippen LogP contribution in [0.1, 0.15) is 22.8 Å². The van der Waals surface area contributed by atoms with Crippen molar-refractivity contribution in [2.75, 3.05) is 11.9 Å². The summed E-state index contributed by atoms with van der Waals surface area (Å²) < 4.78 is 5.39. The predicted octanol–water partition coefficient (Wildman–Crippen LogP) is 3.43. The molecule has 1 amide bonds. The van der Waals surface area contributed by atoms with Crippen molar-refractivity contribution in [1.29, 1.82) is 5.26 Å². The van der Waals surface area contributed by atoms with Crippen LogP contribution in [0.3, 0.4) is 0 Å². The van der Waals surface area contributed by atoms with Crippen LogP contribution in [0.2, 0.25) is 5.02 Å². The Hall–Kier alpha value is -2.84. The van der Waals surface area contributed by atoms with Crippen molar-refractivity contribution >= 4 is 29.0 Å². The summed E-state index contributed by atoms with van der Waals surface area (Å²) in [4.78, 5) is 23.4. The number of Topliss-reactive ketones (excluding diaryl/α,β-unsaturated/α-hetero) is 1. The Labute approximate surface area is 138 Å². The molecule has 5 nitrogen and oxygen atoms in total. The van der Waals surface area contributed by atoms with Gasteiger partial charge in [0, 0.05) is 5.69 Å². The third kappa shape index (κ3) is 4.31. The zero-order valence-electron chi connectivity index (χ0n) is 12.3. The molecule has 0 aliphatic rings. The van der Waals surface area contributed by atoms with Crippen LogP contribution in [0.25, 0.3) is 0 Å². The molecule has 0 radical (unpaired) electrons. The van der Waals surface area contributed by atoms with E-state index in [9.17, 15) is 9.59 Å². The Morgan fingerprint density at radius 2 is 2.00 bits per heavy atom. The van der Waals surface area contributed by atoms with Gasteiger partial charge in [-0.1, -0.05) is 23.7 Å². The van der Waals surface area contributed by atoms with Gasteiger partial charge in [-0.2, -0.15) is 5.26 Å². The number of hydrogen-bond donors (Lipinski definition) is 1. The number of ketones is 1. The molecule has 0 atom stereocenters. The summed E-state index contributed by atoms with van der Waals surface area (Å²) in [6.45, 7) is 1.18. The molecule has 116 valence electrons. The van der Waals surface area contributed by atoms with E-state index in [0.717, 1.165) is 0 Å². The molecule has 0 spiro atoms. The zero-order valence-corrected chi connectivity index (χ0v) is 13.1. The molecule has 2 aromatic rings. The number of carbonyl (C=O) groups excluding carboxylic acids is 2. The minimum absolute atomic E-state index is 0.139. The lowest BCUT2D eigenvalue weighted by molar-refractivity contribution is -0.118. The lowest BCUT2D eigenvalue weighted by Crippen LogP contribution is -2.20. The number of halogens is 1. The number of benzene rings is 2. The van der Waals surface area contributed by atoms with Gasteiger partial charge in [-0.3, -0.25) is 9.59 Å². The average molecular weight is 329 g/mol. The van der Waals surface area contributed by atoms with Crippen LogP contribution in [0.4, 0.5) is 5.69 Å². The second-order valence-electron chi connectivity index (χ2n) is 4.70. The molecule has 2 aromatic carbocycles. The molecule has 0 bridgehead atoms. The largest absolute Gasteiger partial charge is 0.483 e. The van der Waals surface area contributed by atoms with Crippen LogP contribution in [-0.2, 0) is 4.79 Å². The van der Waals surface area contributed by atoms with Crippen LogP contribution in [0.5, 0.6) is 5.75 Å². The molecule has 0 heterocycles. The highest BCUT2D eigenvalue weighted by Crippen LogP contribution is 2.21. The van der Waals surface area contributed by atoms with Gasteiger partial charge < -0.3 is 10.1 Å². The molecule has 6 heteroatoms. The van der Waals surface area contributed by atoms with E-state index in [1.54, 1.807) is 30.3 Å². The number of hydrogen-bond acceptors (Lipinski definition) is 4. The summed E-state index contributed by atoms with van der Waals surface area (Å²) >= 11 is 5.90. The quantitative estimate of drug-likeness (QED) is 0.853. The number of para-hydroxylation sites is 1. The summed E-state index contributed by atoms with van der Waals surface area (Å²) in [6, 6.07) is 13.2. The Morgan fingerprint density at radius 3 is 2.65 bits per heavy atom. The SMILES string of the molecule is CC(=O)c1ccccc1OCC(=O)Nc1ccc(C#N)c(Cl)c1. The van der Waals surface area contributed by atoms with E-state index < -0.39 is 5.91 Å². The van der Waals surface area contributed by atoms with Gasteiger partial charge in [0.15, 0.2) is 12.4 Å². The van der Waals surface area contributed by atoms with Gasteiger partial charge in [0.25, 0.3) is 5.91 Å². The first-order valence-corrected chi connectivity index (χ1v) is 7.11.